The minimum absolute atomic E-state index is 0.157. The average molecular weight is 315 g/mol. The second-order valence-corrected chi connectivity index (χ2v) is 4.88. The Hall–Kier alpha value is -2.69. The Labute approximate surface area is 136 Å². The first-order chi connectivity index (χ1) is 11.2. The predicted molar refractivity (Wildman–Crippen MR) is 88.6 cm³/mol. The molecule has 0 heterocycles. The van der Waals surface area contributed by atoms with E-state index in [1.54, 1.807) is 33.5 Å². The van der Waals surface area contributed by atoms with E-state index < -0.39 is 0 Å². The van der Waals surface area contributed by atoms with E-state index in [9.17, 15) is 4.79 Å². The van der Waals surface area contributed by atoms with Gasteiger partial charge in [0.2, 0.25) is 0 Å². The largest absolute Gasteiger partial charge is 0.497 e. The number of para-hydroxylation sites is 1. The molecule has 0 saturated heterocycles. The minimum Gasteiger partial charge on any atom is -0.497 e. The molecule has 5 heteroatoms. The van der Waals surface area contributed by atoms with Gasteiger partial charge >= 0.3 is 0 Å². The van der Waals surface area contributed by atoms with E-state index in [0.29, 0.717) is 24.3 Å². The molecule has 122 valence electrons. The van der Waals surface area contributed by atoms with Gasteiger partial charge in [0.25, 0.3) is 5.91 Å². The van der Waals surface area contributed by atoms with Crippen LogP contribution in [0.2, 0.25) is 0 Å². The minimum atomic E-state index is -0.157. The highest BCUT2D eigenvalue weighted by Gasteiger charge is 2.11. The van der Waals surface area contributed by atoms with E-state index in [0.717, 1.165) is 17.1 Å². The molecule has 2 rings (SSSR count). The maximum Gasteiger partial charge on any atom is 0.255 e. The molecule has 0 saturated carbocycles. The fraction of sp³-hybridized carbons (Fsp3) is 0.278. The third-order valence-electron chi connectivity index (χ3n) is 3.53. The van der Waals surface area contributed by atoms with Gasteiger partial charge in [0, 0.05) is 12.6 Å². The van der Waals surface area contributed by atoms with Crippen molar-refractivity contribution in [2.45, 2.75) is 6.42 Å². The molecule has 0 spiro atoms. The van der Waals surface area contributed by atoms with E-state index in [1.807, 2.05) is 30.3 Å². The molecular formula is C18H21NO4. The van der Waals surface area contributed by atoms with Gasteiger partial charge in [0.1, 0.15) is 17.2 Å². The van der Waals surface area contributed by atoms with Crippen LogP contribution in [0.4, 0.5) is 0 Å². The Morgan fingerprint density at radius 2 is 1.70 bits per heavy atom. The summed E-state index contributed by atoms with van der Waals surface area (Å²) in [5.41, 5.74) is 1.53. The van der Waals surface area contributed by atoms with E-state index in [4.69, 9.17) is 14.2 Å². The SMILES string of the molecule is COc1ccc(CCNC(=O)c2ccccc2OC)c(OC)c1. The Kier molecular flexibility index (Phi) is 5.86. The average Bonchev–Trinajstić information content (AvgIpc) is 2.61. The van der Waals surface area contributed by atoms with Crippen LogP contribution >= 0.6 is 0 Å². The summed E-state index contributed by atoms with van der Waals surface area (Å²) in [6.45, 7) is 0.500. The first kappa shape index (κ1) is 16.7. The maximum absolute atomic E-state index is 12.2. The van der Waals surface area contributed by atoms with Gasteiger partial charge in [-0.2, -0.15) is 0 Å². The number of rotatable bonds is 7. The van der Waals surface area contributed by atoms with E-state index >= 15 is 0 Å². The molecule has 2 aromatic carbocycles. The molecule has 0 aliphatic rings. The summed E-state index contributed by atoms with van der Waals surface area (Å²) in [4.78, 5) is 12.2. The summed E-state index contributed by atoms with van der Waals surface area (Å²) in [6, 6.07) is 12.8. The number of methoxy groups -OCH3 is 3. The maximum atomic E-state index is 12.2. The highest BCUT2D eigenvalue weighted by atomic mass is 16.5. The van der Waals surface area contributed by atoms with Crippen molar-refractivity contribution < 1.29 is 19.0 Å². The summed E-state index contributed by atoms with van der Waals surface area (Å²) in [7, 11) is 4.78. The third kappa shape index (κ3) is 4.16. The lowest BCUT2D eigenvalue weighted by atomic mass is 10.1. The van der Waals surface area contributed by atoms with Crippen LogP contribution in [0.15, 0.2) is 42.5 Å². The number of ether oxygens (including phenoxy) is 3. The van der Waals surface area contributed by atoms with Gasteiger partial charge < -0.3 is 19.5 Å². The third-order valence-corrected chi connectivity index (χ3v) is 3.53. The molecule has 2 aromatic rings. The second-order valence-electron chi connectivity index (χ2n) is 4.88. The predicted octanol–water partition coefficient (Wildman–Crippen LogP) is 2.68. The van der Waals surface area contributed by atoms with Crippen molar-refractivity contribution >= 4 is 5.91 Å². The van der Waals surface area contributed by atoms with Crippen LogP contribution in [0.1, 0.15) is 15.9 Å². The van der Waals surface area contributed by atoms with Crippen molar-refractivity contribution in [2.75, 3.05) is 27.9 Å². The molecule has 0 bridgehead atoms. The Bertz CT molecular complexity index is 670. The number of hydrogen-bond acceptors (Lipinski definition) is 4. The molecule has 23 heavy (non-hydrogen) atoms. The van der Waals surface area contributed by atoms with Crippen LogP contribution in [0, 0.1) is 0 Å². The van der Waals surface area contributed by atoms with E-state index in [1.165, 1.54) is 0 Å². The number of nitrogens with one attached hydrogen (secondary N) is 1. The molecule has 0 atom stereocenters. The van der Waals surface area contributed by atoms with Crippen LogP contribution in [-0.4, -0.2) is 33.8 Å². The molecule has 1 amide bonds. The van der Waals surface area contributed by atoms with Crippen molar-refractivity contribution in [1.82, 2.24) is 5.32 Å². The number of amides is 1. The van der Waals surface area contributed by atoms with Crippen LogP contribution < -0.4 is 19.5 Å². The smallest absolute Gasteiger partial charge is 0.255 e. The fourth-order valence-corrected chi connectivity index (χ4v) is 2.30. The molecule has 0 radical (unpaired) electrons. The number of benzene rings is 2. The zero-order valence-corrected chi connectivity index (χ0v) is 13.6. The van der Waals surface area contributed by atoms with E-state index in [-0.39, 0.29) is 5.91 Å². The van der Waals surface area contributed by atoms with Crippen LogP contribution in [-0.2, 0) is 6.42 Å². The molecule has 0 aliphatic heterocycles. The van der Waals surface area contributed by atoms with Gasteiger partial charge in [-0.1, -0.05) is 18.2 Å². The summed E-state index contributed by atoms with van der Waals surface area (Å²) in [5.74, 6) is 1.89. The lowest BCUT2D eigenvalue weighted by Gasteiger charge is -2.12. The van der Waals surface area contributed by atoms with Crippen molar-refractivity contribution in [3.8, 4) is 17.2 Å². The normalized spacial score (nSPS) is 10.0. The summed E-state index contributed by atoms with van der Waals surface area (Å²) in [5, 5.41) is 2.90. The van der Waals surface area contributed by atoms with E-state index in [2.05, 4.69) is 5.32 Å². The fourth-order valence-electron chi connectivity index (χ4n) is 2.30. The van der Waals surface area contributed by atoms with Crippen molar-refractivity contribution in [2.24, 2.45) is 0 Å². The van der Waals surface area contributed by atoms with Gasteiger partial charge in [0.05, 0.1) is 26.9 Å². The zero-order chi connectivity index (χ0) is 16.7. The first-order valence-corrected chi connectivity index (χ1v) is 7.31. The van der Waals surface area contributed by atoms with Gasteiger partial charge in [-0.15, -0.1) is 0 Å². The first-order valence-electron chi connectivity index (χ1n) is 7.31. The van der Waals surface area contributed by atoms with Gasteiger partial charge in [-0.05, 0) is 30.2 Å². The summed E-state index contributed by atoms with van der Waals surface area (Å²) < 4.78 is 15.7. The molecule has 0 unspecified atom stereocenters. The number of carbonyl (C=O) groups excluding carboxylic acids is 1. The molecule has 0 aliphatic carbocycles. The molecule has 0 aromatic heterocycles. The highest BCUT2D eigenvalue weighted by Crippen LogP contribution is 2.24. The summed E-state index contributed by atoms with van der Waals surface area (Å²) in [6.07, 6.45) is 0.661. The molecular weight excluding hydrogens is 294 g/mol. The monoisotopic (exact) mass is 315 g/mol. The lowest BCUT2D eigenvalue weighted by molar-refractivity contribution is 0.0951. The number of hydrogen-bond donors (Lipinski definition) is 1. The lowest BCUT2D eigenvalue weighted by Crippen LogP contribution is -2.26. The van der Waals surface area contributed by atoms with Crippen LogP contribution in [0.5, 0.6) is 17.2 Å². The van der Waals surface area contributed by atoms with Crippen LogP contribution in [0.25, 0.3) is 0 Å². The Balaban J connectivity index is 1.98. The standard InChI is InChI=1S/C18H21NO4/c1-21-14-9-8-13(17(12-14)23-3)10-11-19-18(20)15-6-4-5-7-16(15)22-2/h4-9,12H,10-11H2,1-3H3,(H,19,20). The van der Waals surface area contributed by atoms with Crippen molar-refractivity contribution in [1.29, 1.82) is 0 Å². The van der Waals surface area contributed by atoms with Crippen molar-refractivity contribution in [3.05, 3.63) is 53.6 Å². The zero-order valence-electron chi connectivity index (χ0n) is 13.6. The number of carbonyl (C=O) groups is 1. The Morgan fingerprint density at radius 3 is 2.39 bits per heavy atom. The highest BCUT2D eigenvalue weighted by molar-refractivity contribution is 5.96. The van der Waals surface area contributed by atoms with Crippen molar-refractivity contribution in [3.63, 3.8) is 0 Å². The molecule has 1 N–H and O–H groups in total. The quantitative estimate of drug-likeness (QED) is 0.853. The molecule has 5 nitrogen and oxygen atoms in total. The Morgan fingerprint density at radius 1 is 0.957 bits per heavy atom. The van der Waals surface area contributed by atoms with Gasteiger partial charge in [-0.3, -0.25) is 4.79 Å². The van der Waals surface area contributed by atoms with Gasteiger partial charge in [-0.25, -0.2) is 0 Å². The second kappa shape index (κ2) is 8.08. The van der Waals surface area contributed by atoms with Gasteiger partial charge in [0.15, 0.2) is 0 Å². The summed E-state index contributed by atoms with van der Waals surface area (Å²) >= 11 is 0. The molecule has 0 fully saturated rings. The topological polar surface area (TPSA) is 56.8 Å². The van der Waals surface area contributed by atoms with Crippen LogP contribution in [0.3, 0.4) is 0 Å².